The van der Waals surface area contributed by atoms with Crippen LogP contribution in [0, 0.1) is 5.41 Å². The summed E-state index contributed by atoms with van der Waals surface area (Å²) in [5, 5.41) is 8.90. The fourth-order valence-electron chi connectivity index (χ4n) is 2.92. The van der Waals surface area contributed by atoms with Crippen molar-refractivity contribution in [2.75, 3.05) is 7.11 Å². The molecule has 2 rings (SSSR count). The van der Waals surface area contributed by atoms with Crippen LogP contribution < -0.4 is 0 Å². The van der Waals surface area contributed by atoms with Gasteiger partial charge in [-0.1, -0.05) is 24.3 Å². The third-order valence-electron chi connectivity index (χ3n) is 4.14. The van der Waals surface area contributed by atoms with Crippen LogP contribution in [-0.4, -0.2) is 29.9 Å². The van der Waals surface area contributed by atoms with Crippen molar-refractivity contribution in [2.24, 2.45) is 5.41 Å². The minimum atomic E-state index is -0.967. The molecule has 0 radical (unpaired) electrons. The molecule has 1 aliphatic carbocycles. The fraction of sp³-hybridized carbons (Fsp3) is 0.438. The van der Waals surface area contributed by atoms with E-state index in [-0.39, 0.29) is 25.0 Å². The third kappa shape index (κ3) is 3.12. The monoisotopic (exact) mass is 290 g/mol. The van der Waals surface area contributed by atoms with Crippen LogP contribution in [0.4, 0.5) is 0 Å². The number of carboxylic acids is 1. The Balaban J connectivity index is 2.34. The molecule has 0 fully saturated rings. The number of hydrogen-bond donors (Lipinski definition) is 1. The maximum atomic E-state index is 12.8. The van der Waals surface area contributed by atoms with E-state index in [0.29, 0.717) is 18.4 Å². The molecular formula is C16H18O5. The molecule has 0 aliphatic heterocycles. The standard InChI is InChI=1S/C16H18O5/c1-21-14(19)10-16(9-7-13(17)18)8-6-11-4-2-3-5-12(11)15(16)20/h2-5H,6-10H2,1H3,(H,17,18)/t16-/m1/s1. The largest absolute Gasteiger partial charge is 0.481 e. The van der Waals surface area contributed by atoms with Gasteiger partial charge >= 0.3 is 11.9 Å². The normalized spacial score (nSPS) is 20.7. The number of benzene rings is 1. The van der Waals surface area contributed by atoms with Gasteiger partial charge in [0.05, 0.1) is 13.5 Å². The second-order valence-corrected chi connectivity index (χ2v) is 5.41. The maximum absolute atomic E-state index is 12.8. The Kier molecular flexibility index (Phi) is 4.40. The number of methoxy groups -OCH3 is 1. The van der Waals surface area contributed by atoms with Gasteiger partial charge in [0, 0.05) is 17.4 Å². The molecule has 1 N–H and O–H groups in total. The molecule has 0 spiro atoms. The van der Waals surface area contributed by atoms with E-state index in [0.717, 1.165) is 5.56 Å². The van der Waals surface area contributed by atoms with Crippen LogP contribution in [0.15, 0.2) is 24.3 Å². The summed E-state index contributed by atoms with van der Waals surface area (Å²) in [6.07, 6.45) is 1.10. The molecule has 1 aromatic carbocycles. The Labute approximate surface area is 122 Å². The first-order valence-electron chi connectivity index (χ1n) is 6.90. The lowest BCUT2D eigenvalue weighted by atomic mass is 9.66. The van der Waals surface area contributed by atoms with Gasteiger partial charge in [0.25, 0.3) is 0 Å². The van der Waals surface area contributed by atoms with Crippen LogP contribution >= 0.6 is 0 Å². The smallest absolute Gasteiger partial charge is 0.306 e. The van der Waals surface area contributed by atoms with Gasteiger partial charge in [-0.15, -0.1) is 0 Å². The van der Waals surface area contributed by atoms with E-state index in [9.17, 15) is 14.4 Å². The molecule has 112 valence electrons. The molecule has 0 unspecified atom stereocenters. The Morgan fingerprint density at radius 3 is 2.71 bits per heavy atom. The van der Waals surface area contributed by atoms with Gasteiger partial charge in [-0.2, -0.15) is 0 Å². The maximum Gasteiger partial charge on any atom is 0.306 e. The highest BCUT2D eigenvalue weighted by molar-refractivity contribution is 6.04. The quantitative estimate of drug-likeness (QED) is 0.841. The van der Waals surface area contributed by atoms with Crippen LogP contribution in [0.2, 0.25) is 0 Å². The zero-order valence-electron chi connectivity index (χ0n) is 11.9. The van der Waals surface area contributed by atoms with Crippen LogP contribution in [0.3, 0.4) is 0 Å². The number of Topliss-reactive ketones (excluding diaryl/α,β-unsaturated/α-hetero) is 1. The average Bonchev–Trinajstić information content (AvgIpc) is 2.49. The highest BCUT2D eigenvalue weighted by Crippen LogP contribution is 2.42. The summed E-state index contributed by atoms with van der Waals surface area (Å²) in [7, 11) is 1.27. The molecule has 0 aromatic heterocycles. The minimum absolute atomic E-state index is 0.0655. The first-order chi connectivity index (χ1) is 9.98. The molecule has 1 aromatic rings. The minimum Gasteiger partial charge on any atom is -0.481 e. The van der Waals surface area contributed by atoms with Crippen LogP contribution in [0.5, 0.6) is 0 Å². The van der Waals surface area contributed by atoms with Crippen molar-refractivity contribution >= 4 is 17.7 Å². The van der Waals surface area contributed by atoms with E-state index in [4.69, 9.17) is 5.11 Å². The molecule has 5 nitrogen and oxygen atoms in total. The number of ketones is 1. The second-order valence-electron chi connectivity index (χ2n) is 5.41. The van der Waals surface area contributed by atoms with Gasteiger partial charge in [-0.3, -0.25) is 14.4 Å². The number of carbonyl (C=O) groups excluding carboxylic acids is 2. The first-order valence-corrected chi connectivity index (χ1v) is 6.90. The molecular weight excluding hydrogens is 272 g/mol. The van der Waals surface area contributed by atoms with Crippen molar-refractivity contribution < 1.29 is 24.2 Å². The Hall–Kier alpha value is -2.17. The highest BCUT2D eigenvalue weighted by atomic mass is 16.5. The summed E-state index contributed by atoms with van der Waals surface area (Å²) in [5.74, 6) is -1.59. The molecule has 5 heteroatoms. The lowest BCUT2D eigenvalue weighted by molar-refractivity contribution is -0.144. The van der Waals surface area contributed by atoms with Crippen molar-refractivity contribution in [3.63, 3.8) is 0 Å². The van der Waals surface area contributed by atoms with Crippen LogP contribution in [0.1, 0.15) is 41.6 Å². The van der Waals surface area contributed by atoms with E-state index < -0.39 is 17.4 Å². The number of hydrogen-bond acceptors (Lipinski definition) is 4. The SMILES string of the molecule is COC(=O)C[C@]1(CCC(=O)O)CCc2ccccc2C1=O. The predicted octanol–water partition coefficient (Wildman–Crippen LogP) is 2.23. The van der Waals surface area contributed by atoms with Crippen molar-refractivity contribution in [2.45, 2.75) is 32.1 Å². The van der Waals surface area contributed by atoms with E-state index in [1.807, 2.05) is 12.1 Å². The van der Waals surface area contributed by atoms with E-state index in [2.05, 4.69) is 4.74 Å². The lowest BCUT2D eigenvalue weighted by Crippen LogP contribution is -2.38. The van der Waals surface area contributed by atoms with Crippen molar-refractivity contribution in [1.29, 1.82) is 0 Å². The predicted molar refractivity (Wildman–Crippen MR) is 75.0 cm³/mol. The molecule has 0 saturated carbocycles. The van der Waals surface area contributed by atoms with Gasteiger partial charge in [0.1, 0.15) is 0 Å². The molecule has 0 amide bonds. The number of carboxylic acid groups (broad SMARTS) is 1. The highest BCUT2D eigenvalue weighted by Gasteiger charge is 2.44. The van der Waals surface area contributed by atoms with E-state index in [1.165, 1.54) is 7.11 Å². The molecule has 0 saturated heterocycles. The zero-order chi connectivity index (χ0) is 15.5. The Morgan fingerprint density at radius 2 is 2.05 bits per heavy atom. The topological polar surface area (TPSA) is 80.7 Å². The van der Waals surface area contributed by atoms with Crippen molar-refractivity contribution in [3.05, 3.63) is 35.4 Å². The fourth-order valence-corrected chi connectivity index (χ4v) is 2.92. The Morgan fingerprint density at radius 1 is 1.33 bits per heavy atom. The van der Waals surface area contributed by atoms with Gasteiger partial charge in [-0.25, -0.2) is 0 Å². The molecule has 0 bridgehead atoms. The van der Waals surface area contributed by atoms with Gasteiger partial charge in [-0.05, 0) is 24.8 Å². The third-order valence-corrected chi connectivity index (χ3v) is 4.14. The summed E-state index contributed by atoms with van der Waals surface area (Å²) in [6, 6.07) is 7.29. The number of fused-ring (bicyclic) bond motifs is 1. The average molecular weight is 290 g/mol. The lowest BCUT2D eigenvalue weighted by Gasteiger charge is -2.35. The molecule has 0 heterocycles. The van der Waals surface area contributed by atoms with Crippen molar-refractivity contribution in [3.8, 4) is 0 Å². The van der Waals surface area contributed by atoms with Crippen LogP contribution in [0.25, 0.3) is 0 Å². The first kappa shape index (κ1) is 15.2. The molecule has 1 aliphatic rings. The number of ether oxygens (including phenoxy) is 1. The summed E-state index contributed by atoms with van der Waals surface area (Å²) in [4.78, 5) is 35.3. The van der Waals surface area contributed by atoms with E-state index in [1.54, 1.807) is 12.1 Å². The second kappa shape index (κ2) is 6.08. The van der Waals surface area contributed by atoms with Crippen LogP contribution in [-0.2, 0) is 20.7 Å². The number of aryl methyl sites for hydroxylation is 1. The summed E-state index contributed by atoms with van der Waals surface area (Å²) in [6.45, 7) is 0. The zero-order valence-corrected chi connectivity index (χ0v) is 11.9. The van der Waals surface area contributed by atoms with Gasteiger partial charge < -0.3 is 9.84 Å². The Bertz CT molecular complexity index is 578. The number of rotatable bonds is 5. The van der Waals surface area contributed by atoms with E-state index >= 15 is 0 Å². The summed E-state index contributed by atoms with van der Waals surface area (Å²) >= 11 is 0. The number of aliphatic carboxylic acids is 1. The molecule has 21 heavy (non-hydrogen) atoms. The molecule has 1 atom stereocenters. The van der Waals surface area contributed by atoms with Gasteiger partial charge in [0.15, 0.2) is 5.78 Å². The number of carbonyl (C=O) groups is 3. The van der Waals surface area contributed by atoms with Gasteiger partial charge in [0.2, 0.25) is 0 Å². The van der Waals surface area contributed by atoms with Crippen molar-refractivity contribution in [1.82, 2.24) is 0 Å². The summed E-state index contributed by atoms with van der Waals surface area (Å²) in [5.41, 5.74) is 0.594. The summed E-state index contributed by atoms with van der Waals surface area (Å²) < 4.78 is 4.68. The number of esters is 1.